The summed E-state index contributed by atoms with van der Waals surface area (Å²) in [5.41, 5.74) is 3.09. The molecule has 1 aromatic heterocycles. The van der Waals surface area contributed by atoms with Crippen molar-refractivity contribution in [2.24, 2.45) is 0 Å². The van der Waals surface area contributed by atoms with Gasteiger partial charge < -0.3 is 4.90 Å². The van der Waals surface area contributed by atoms with Gasteiger partial charge in [0.25, 0.3) is 0 Å². The van der Waals surface area contributed by atoms with E-state index in [1.807, 2.05) is 23.1 Å². The summed E-state index contributed by atoms with van der Waals surface area (Å²) in [5, 5.41) is 0. The van der Waals surface area contributed by atoms with Crippen molar-refractivity contribution >= 4 is 5.91 Å². The molecular formula is C25H26FN3O. The molecule has 5 heteroatoms. The quantitative estimate of drug-likeness (QED) is 0.581. The van der Waals surface area contributed by atoms with Crippen molar-refractivity contribution in [3.63, 3.8) is 0 Å². The van der Waals surface area contributed by atoms with Crippen LogP contribution in [0.5, 0.6) is 0 Å². The Balaban J connectivity index is 1.43. The topological polar surface area (TPSA) is 46.1 Å². The number of halogens is 1. The monoisotopic (exact) mass is 403 g/mol. The van der Waals surface area contributed by atoms with Gasteiger partial charge in [-0.15, -0.1) is 0 Å². The summed E-state index contributed by atoms with van der Waals surface area (Å²) >= 11 is 0. The first kappa shape index (κ1) is 20.2. The van der Waals surface area contributed by atoms with Gasteiger partial charge in [-0.1, -0.05) is 42.5 Å². The Bertz CT molecular complexity index is 992. The number of hydrogen-bond donors (Lipinski definition) is 0. The molecule has 1 amide bonds. The Morgan fingerprint density at radius 2 is 1.80 bits per heavy atom. The molecule has 0 saturated carbocycles. The van der Waals surface area contributed by atoms with Crippen LogP contribution in [0.4, 0.5) is 4.39 Å². The van der Waals surface area contributed by atoms with Crippen LogP contribution in [0.1, 0.15) is 42.9 Å². The summed E-state index contributed by atoms with van der Waals surface area (Å²) in [7, 11) is 0. The molecule has 2 heterocycles. The average Bonchev–Trinajstić information content (AvgIpc) is 2.80. The molecule has 3 aromatic rings. The largest absolute Gasteiger partial charge is 0.342 e. The Hall–Kier alpha value is -3.08. The lowest BCUT2D eigenvalue weighted by atomic mass is 9.91. The molecule has 4 nitrogen and oxygen atoms in total. The van der Waals surface area contributed by atoms with E-state index in [-0.39, 0.29) is 17.6 Å². The molecule has 1 fully saturated rings. The summed E-state index contributed by atoms with van der Waals surface area (Å²) in [6, 6.07) is 16.9. The molecule has 2 aromatic carbocycles. The van der Waals surface area contributed by atoms with E-state index in [2.05, 4.69) is 22.1 Å². The van der Waals surface area contributed by atoms with E-state index in [4.69, 9.17) is 0 Å². The summed E-state index contributed by atoms with van der Waals surface area (Å²) in [4.78, 5) is 23.7. The molecule has 0 aliphatic carbocycles. The summed E-state index contributed by atoms with van der Waals surface area (Å²) in [6.07, 6.45) is 7.39. The Morgan fingerprint density at radius 1 is 1.03 bits per heavy atom. The van der Waals surface area contributed by atoms with E-state index in [0.29, 0.717) is 24.2 Å². The van der Waals surface area contributed by atoms with Crippen LogP contribution in [-0.4, -0.2) is 33.9 Å². The van der Waals surface area contributed by atoms with Crippen molar-refractivity contribution in [1.29, 1.82) is 0 Å². The number of carbonyl (C=O) groups is 1. The standard InChI is InChI=1S/C25H26FN3O/c26-22-13-5-4-12-21(22)25-24(27-15-16-28-25)20-11-7-17-29(18-20)23(30)14-6-10-19-8-2-1-3-9-19/h1-5,8-9,12-13,15-16,20H,6-7,10-11,14,17-18H2/t20-/m1/s1. The summed E-state index contributed by atoms with van der Waals surface area (Å²) < 4.78 is 14.4. The minimum absolute atomic E-state index is 0.0696. The number of rotatable bonds is 6. The van der Waals surface area contributed by atoms with Gasteiger partial charge in [-0.05, 0) is 43.4 Å². The van der Waals surface area contributed by atoms with E-state index in [1.54, 1.807) is 30.6 Å². The van der Waals surface area contributed by atoms with E-state index in [9.17, 15) is 9.18 Å². The third-order valence-electron chi connectivity index (χ3n) is 5.72. The predicted molar refractivity (Wildman–Crippen MR) is 115 cm³/mol. The highest BCUT2D eigenvalue weighted by Crippen LogP contribution is 2.33. The number of nitrogens with zero attached hydrogens (tertiary/aromatic N) is 3. The number of aromatic nitrogens is 2. The predicted octanol–water partition coefficient (Wildman–Crippen LogP) is 5.01. The molecule has 1 atom stereocenters. The van der Waals surface area contributed by atoms with Gasteiger partial charge in [-0.2, -0.15) is 0 Å². The van der Waals surface area contributed by atoms with Crippen LogP contribution in [0.3, 0.4) is 0 Å². The molecule has 0 N–H and O–H groups in total. The van der Waals surface area contributed by atoms with Crippen LogP contribution in [0.25, 0.3) is 11.3 Å². The van der Waals surface area contributed by atoms with E-state index >= 15 is 0 Å². The number of aryl methyl sites for hydroxylation is 1. The third kappa shape index (κ3) is 4.73. The van der Waals surface area contributed by atoms with Crippen LogP contribution >= 0.6 is 0 Å². The zero-order valence-electron chi connectivity index (χ0n) is 17.0. The Labute approximate surface area is 176 Å². The fourth-order valence-electron chi connectivity index (χ4n) is 4.18. The van der Waals surface area contributed by atoms with Gasteiger partial charge in [0.1, 0.15) is 5.82 Å². The van der Waals surface area contributed by atoms with Gasteiger partial charge in [0, 0.05) is 43.4 Å². The van der Waals surface area contributed by atoms with Crippen molar-refractivity contribution in [3.8, 4) is 11.3 Å². The second-order valence-electron chi connectivity index (χ2n) is 7.79. The van der Waals surface area contributed by atoms with E-state index in [0.717, 1.165) is 37.9 Å². The van der Waals surface area contributed by atoms with E-state index < -0.39 is 0 Å². The molecule has 154 valence electrons. The maximum absolute atomic E-state index is 14.4. The van der Waals surface area contributed by atoms with Crippen LogP contribution < -0.4 is 0 Å². The average molecular weight is 404 g/mol. The first-order chi connectivity index (χ1) is 14.7. The molecule has 4 rings (SSSR count). The number of carbonyl (C=O) groups excluding carboxylic acids is 1. The van der Waals surface area contributed by atoms with Crippen molar-refractivity contribution in [1.82, 2.24) is 14.9 Å². The molecule has 0 spiro atoms. The summed E-state index contributed by atoms with van der Waals surface area (Å²) in [6.45, 7) is 1.39. The van der Waals surface area contributed by atoms with Crippen LogP contribution in [-0.2, 0) is 11.2 Å². The molecule has 1 aliphatic heterocycles. The normalized spacial score (nSPS) is 16.4. The molecule has 30 heavy (non-hydrogen) atoms. The van der Waals surface area contributed by atoms with Gasteiger partial charge in [0.2, 0.25) is 5.91 Å². The van der Waals surface area contributed by atoms with Crippen molar-refractivity contribution in [2.45, 2.75) is 38.0 Å². The van der Waals surface area contributed by atoms with Crippen LogP contribution in [0.2, 0.25) is 0 Å². The first-order valence-electron chi connectivity index (χ1n) is 10.6. The Kier molecular flexibility index (Phi) is 6.47. The van der Waals surface area contributed by atoms with Gasteiger partial charge in [-0.25, -0.2) is 4.39 Å². The molecule has 1 aliphatic rings. The minimum atomic E-state index is -0.302. The number of amides is 1. The zero-order chi connectivity index (χ0) is 20.8. The highest BCUT2D eigenvalue weighted by Gasteiger charge is 2.28. The highest BCUT2D eigenvalue weighted by atomic mass is 19.1. The lowest BCUT2D eigenvalue weighted by Gasteiger charge is -2.33. The first-order valence-corrected chi connectivity index (χ1v) is 10.6. The fraction of sp³-hybridized carbons (Fsp3) is 0.320. The third-order valence-corrected chi connectivity index (χ3v) is 5.72. The number of piperidine rings is 1. The van der Waals surface area contributed by atoms with Crippen molar-refractivity contribution in [2.75, 3.05) is 13.1 Å². The number of likely N-dealkylation sites (tertiary alicyclic amines) is 1. The maximum atomic E-state index is 14.4. The van der Waals surface area contributed by atoms with Gasteiger partial charge in [-0.3, -0.25) is 14.8 Å². The number of benzene rings is 2. The molecular weight excluding hydrogens is 377 g/mol. The lowest BCUT2D eigenvalue weighted by molar-refractivity contribution is -0.132. The van der Waals surface area contributed by atoms with Gasteiger partial charge >= 0.3 is 0 Å². The molecule has 1 saturated heterocycles. The van der Waals surface area contributed by atoms with Gasteiger partial charge in [0.05, 0.1) is 11.4 Å². The second kappa shape index (κ2) is 9.61. The zero-order valence-corrected chi connectivity index (χ0v) is 17.0. The highest BCUT2D eigenvalue weighted by molar-refractivity contribution is 5.76. The molecule has 0 unspecified atom stereocenters. The lowest BCUT2D eigenvalue weighted by Crippen LogP contribution is -2.39. The fourth-order valence-corrected chi connectivity index (χ4v) is 4.18. The van der Waals surface area contributed by atoms with Crippen molar-refractivity contribution in [3.05, 3.63) is 84.1 Å². The smallest absolute Gasteiger partial charge is 0.222 e. The van der Waals surface area contributed by atoms with Crippen LogP contribution in [0.15, 0.2) is 67.0 Å². The van der Waals surface area contributed by atoms with Crippen molar-refractivity contribution < 1.29 is 9.18 Å². The number of hydrogen-bond acceptors (Lipinski definition) is 3. The second-order valence-corrected chi connectivity index (χ2v) is 7.79. The van der Waals surface area contributed by atoms with Crippen LogP contribution in [0, 0.1) is 5.82 Å². The molecule has 0 radical (unpaired) electrons. The SMILES string of the molecule is O=C(CCCc1ccccc1)N1CCC[C@@H](c2nccnc2-c2ccccc2F)C1. The molecule has 0 bridgehead atoms. The Morgan fingerprint density at radius 3 is 2.63 bits per heavy atom. The minimum Gasteiger partial charge on any atom is -0.342 e. The van der Waals surface area contributed by atoms with Gasteiger partial charge in [0.15, 0.2) is 0 Å². The van der Waals surface area contributed by atoms with E-state index in [1.165, 1.54) is 11.6 Å². The maximum Gasteiger partial charge on any atom is 0.222 e. The summed E-state index contributed by atoms with van der Waals surface area (Å²) in [5.74, 6) is -0.0454.